The zero-order chi connectivity index (χ0) is 16.7. The number of rotatable bonds is 2. The maximum absolute atomic E-state index is 9.57. The number of nitrogens with zero attached hydrogens (tertiary/aromatic N) is 2. The van der Waals surface area contributed by atoms with E-state index in [0.717, 1.165) is 34.3 Å². The fourth-order valence-corrected chi connectivity index (χ4v) is 3.23. The van der Waals surface area contributed by atoms with Crippen molar-refractivity contribution in [3.63, 3.8) is 0 Å². The van der Waals surface area contributed by atoms with Crippen LogP contribution in [0.25, 0.3) is 22.7 Å². The molecule has 4 heteroatoms. The molecule has 0 aliphatic carbocycles. The van der Waals surface area contributed by atoms with Gasteiger partial charge in [-0.25, -0.2) is 4.98 Å². The van der Waals surface area contributed by atoms with Crippen LogP contribution in [0.2, 0.25) is 0 Å². The predicted octanol–water partition coefficient (Wildman–Crippen LogP) is 4.26. The summed E-state index contributed by atoms with van der Waals surface area (Å²) < 4.78 is 5.84. The van der Waals surface area contributed by atoms with Crippen LogP contribution in [0.1, 0.15) is 29.4 Å². The number of allylic oxidation sites excluding steroid dienone is 1. The molecule has 0 spiro atoms. The topological polar surface area (TPSA) is 61.7 Å². The SMILES string of the molecule is Cc1cc(/C=C(\C#N)c2nc3ccccc3[nH]2)cc2c1O[C@@H](C)C2. The van der Waals surface area contributed by atoms with E-state index < -0.39 is 0 Å². The summed E-state index contributed by atoms with van der Waals surface area (Å²) >= 11 is 0. The van der Waals surface area contributed by atoms with Gasteiger partial charge < -0.3 is 9.72 Å². The number of ether oxygens (including phenoxy) is 1. The highest BCUT2D eigenvalue weighted by atomic mass is 16.5. The van der Waals surface area contributed by atoms with Crippen LogP contribution in [-0.4, -0.2) is 16.1 Å². The van der Waals surface area contributed by atoms with Crippen molar-refractivity contribution in [2.24, 2.45) is 0 Å². The molecule has 2 heterocycles. The molecule has 0 radical (unpaired) electrons. The van der Waals surface area contributed by atoms with Crippen LogP contribution in [-0.2, 0) is 6.42 Å². The largest absolute Gasteiger partial charge is 0.490 e. The van der Waals surface area contributed by atoms with E-state index in [-0.39, 0.29) is 6.10 Å². The highest BCUT2D eigenvalue weighted by Gasteiger charge is 2.21. The van der Waals surface area contributed by atoms with Gasteiger partial charge in [0, 0.05) is 6.42 Å². The van der Waals surface area contributed by atoms with E-state index in [4.69, 9.17) is 4.74 Å². The number of H-pyrrole nitrogens is 1. The number of imidazole rings is 1. The summed E-state index contributed by atoms with van der Waals surface area (Å²) in [5, 5.41) is 9.57. The van der Waals surface area contributed by atoms with E-state index in [1.165, 1.54) is 5.56 Å². The van der Waals surface area contributed by atoms with Gasteiger partial charge in [-0.3, -0.25) is 0 Å². The van der Waals surface area contributed by atoms with E-state index in [1.54, 1.807) is 0 Å². The molecular weight excluding hydrogens is 298 g/mol. The van der Waals surface area contributed by atoms with Crippen molar-refractivity contribution in [3.8, 4) is 11.8 Å². The number of hydrogen-bond acceptors (Lipinski definition) is 3. The first-order valence-corrected chi connectivity index (χ1v) is 8.01. The van der Waals surface area contributed by atoms with Crippen LogP contribution in [0.5, 0.6) is 5.75 Å². The average molecular weight is 315 g/mol. The zero-order valence-electron chi connectivity index (χ0n) is 13.6. The number of nitriles is 1. The Kier molecular flexibility index (Phi) is 3.35. The van der Waals surface area contributed by atoms with Gasteiger partial charge in [-0.15, -0.1) is 0 Å². The smallest absolute Gasteiger partial charge is 0.149 e. The molecule has 1 aromatic heterocycles. The van der Waals surface area contributed by atoms with Crippen molar-refractivity contribution in [2.45, 2.75) is 26.4 Å². The summed E-state index contributed by atoms with van der Waals surface area (Å²) in [7, 11) is 0. The van der Waals surface area contributed by atoms with Crippen molar-refractivity contribution < 1.29 is 4.74 Å². The maximum atomic E-state index is 9.57. The molecule has 1 aliphatic heterocycles. The molecule has 3 aromatic rings. The lowest BCUT2D eigenvalue weighted by atomic mass is 10.0. The van der Waals surface area contributed by atoms with Gasteiger partial charge in [-0.1, -0.05) is 12.1 Å². The fraction of sp³-hybridized carbons (Fsp3) is 0.200. The summed E-state index contributed by atoms with van der Waals surface area (Å²) in [6, 6.07) is 14.2. The van der Waals surface area contributed by atoms with E-state index in [0.29, 0.717) is 11.4 Å². The maximum Gasteiger partial charge on any atom is 0.149 e. The molecule has 1 atom stereocenters. The third-order valence-electron chi connectivity index (χ3n) is 4.28. The number of nitrogens with one attached hydrogen (secondary N) is 1. The molecule has 118 valence electrons. The summed E-state index contributed by atoms with van der Waals surface area (Å²) in [6.07, 6.45) is 3.00. The Labute approximate surface area is 140 Å². The van der Waals surface area contributed by atoms with Crippen molar-refractivity contribution in [2.75, 3.05) is 0 Å². The van der Waals surface area contributed by atoms with E-state index >= 15 is 0 Å². The quantitative estimate of drug-likeness (QED) is 0.719. The molecule has 0 fully saturated rings. The van der Waals surface area contributed by atoms with Crippen molar-refractivity contribution in [1.29, 1.82) is 5.26 Å². The molecule has 2 aromatic carbocycles. The van der Waals surface area contributed by atoms with E-state index in [2.05, 4.69) is 35.1 Å². The van der Waals surface area contributed by atoms with Gasteiger partial charge in [-0.05, 0) is 60.9 Å². The first-order valence-electron chi connectivity index (χ1n) is 8.01. The van der Waals surface area contributed by atoms with Gasteiger partial charge >= 0.3 is 0 Å². The van der Waals surface area contributed by atoms with E-state index in [9.17, 15) is 5.26 Å². The number of benzene rings is 2. The highest BCUT2D eigenvalue weighted by Crippen LogP contribution is 2.34. The summed E-state index contributed by atoms with van der Waals surface area (Å²) in [4.78, 5) is 7.73. The second-order valence-corrected chi connectivity index (χ2v) is 6.23. The molecule has 0 saturated carbocycles. The lowest BCUT2D eigenvalue weighted by Gasteiger charge is -2.07. The fourth-order valence-electron chi connectivity index (χ4n) is 3.23. The van der Waals surface area contributed by atoms with Crippen LogP contribution >= 0.6 is 0 Å². The zero-order valence-corrected chi connectivity index (χ0v) is 13.6. The Hall–Kier alpha value is -3.06. The standard InChI is InChI=1S/C20H17N3O/c1-12-7-14(9-15-8-13(2)24-19(12)15)10-16(11-21)20-22-17-5-3-4-6-18(17)23-20/h3-7,9-10,13H,8H2,1-2H3,(H,22,23)/b16-10+/t13-/m0/s1. The molecule has 0 saturated heterocycles. The van der Waals surface area contributed by atoms with Gasteiger partial charge in [0.15, 0.2) is 0 Å². The second-order valence-electron chi connectivity index (χ2n) is 6.23. The first-order chi connectivity index (χ1) is 11.6. The minimum atomic E-state index is 0.212. The molecule has 1 aliphatic rings. The molecule has 0 amide bonds. The Morgan fingerprint density at radius 2 is 2.21 bits per heavy atom. The van der Waals surface area contributed by atoms with Crippen LogP contribution in [0.3, 0.4) is 0 Å². The Morgan fingerprint density at radius 1 is 1.38 bits per heavy atom. The molecule has 4 rings (SSSR count). The van der Waals surface area contributed by atoms with Gasteiger partial charge in [0.25, 0.3) is 0 Å². The number of para-hydroxylation sites is 2. The number of aryl methyl sites for hydroxylation is 1. The molecule has 24 heavy (non-hydrogen) atoms. The minimum Gasteiger partial charge on any atom is -0.490 e. The average Bonchev–Trinajstić information content (AvgIpc) is 3.15. The van der Waals surface area contributed by atoms with Gasteiger partial charge in [0.1, 0.15) is 23.7 Å². The van der Waals surface area contributed by atoms with Gasteiger partial charge in [0.05, 0.1) is 16.6 Å². The van der Waals surface area contributed by atoms with E-state index in [1.807, 2.05) is 37.3 Å². The van der Waals surface area contributed by atoms with Crippen LogP contribution in [0, 0.1) is 18.3 Å². The van der Waals surface area contributed by atoms with Gasteiger partial charge in [0.2, 0.25) is 0 Å². The molecule has 4 nitrogen and oxygen atoms in total. The lowest BCUT2D eigenvalue weighted by Crippen LogP contribution is -2.05. The monoisotopic (exact) mass is 315 g/mol. The van der Waals surface area contributed by atoms with Crippen LogP contribution < -0.4 is 4.74 Å². The number of aromatic amines is 1. The van der Waals surface area contributed by atoms with Crippen LogP contribution in [0.4, 0.5) is 0 Å². The Balaban J connectivity index is 1.77. The third-order valence-corrected chi connectivity index (χ3v) is 4.28. The molecule has 1 N–H and O–H groups in total. The highest BCUT2D eigenvalue weighted by molar-refractivity contribution is 5.90. The number of hydrogen-bond donors (Lipinski definition) is 1. The molecule has 0 bridgehead atoms. The van der Waals surface area contributed by atoms with Gasteiger partial charge in [-0.2, -0.15) is 5.26 Å². The summed E-state index contributed by atoms with van der Waals surface area (Å²) in [5.74, 6) is 1.59. The Morgan fingerprint density at radius 3 is 3.00 bits per heavy atom. The normalized spacial score (nSPS) is 16.7. The number of aromatic nitrogens is 2. The summed E-state index contributed by atoms with van der Waals surface area (Å²) in [6.45, 7) is 4.12. The van der Waals surface area contributed by atoms with Crippen molar-refractivity contribution >= 4 is 22.7 Å². The molecule has 0 unspecified atom stereocenters. The lowest BCUT2D eigenvalue weighted by molar-refractivity contribution is 0.253. The summed E-state index contributed by atoms with van der Waals surface area (Å²) in [5.41, 5.74) is 5.63. The van der Waals surface area contributed by atoms with Crippen molar-refractivity contribution in [3.05, 3.63) is 58.9 Å². The predicted molar refractivity (Wildman–Crippen MR) is 94.6 cm³/mol. The Bertz CT molecular complexity index is 974. The second kappa shape index (κ2) is 5.54. The van der Waals surface area contributed by atoms with Crippen molar-refractivity contribution in [1.82, 2.24) is 9.97 Å². The van der Waals surface area contributed by atoms with Crippen LogP contribution in [0.15, 0.2) is 36.4 Å². The minimum absolute atomic E-state index is 0.212. The molecular formula is C20H17N3O. The third kappa shape index (κ3) is 2.44. The number of fused-ring (bicyclic) bond motifs is 2. The first kappa shape index (κ1) is 14.5.